The average Bonchev–Trinajstić information content (AvgIpc) is 2.79. The van der Waals surface area contributed by atoms with Gasteiger partial charge in [-0.25, -0.2) is 0 Å². The summed E-state index contributed by atoms with van der Waals surface area (Å²) in [5.41, 5.74) is 0. The molecule has 0 aromatic carbocycles. The molecular weight excluding hydrogens is 194 g/mol. The molecule has 1 heterocycles. The van der Waals surface area contributed by atoms with Crippen molar-refractivity contribution in [2.75, 3.05) is 25.5 Å². The van der Waals surface area contributed by atoms with Gasteiger partial charge < -0.3 is 4.90 Å². The second-order valence-electron chi connectivity index (χ2n) is 5.04. The highest BCUT2D eigenvalue weighted by Gasteiger charge is 2.25. The van der Waals surface area contributed by atoms with Gasteiger partial charge >= 0.3 is 0 Å². The van der Waals surface area contributed by atoms with Crippen molar-refractivity contribution in [2.24, 2.45) is 11.8 Å². The van der Waals surface area contributed by atoms with Crippen LogP contribution in [0.4, 0.5) is 0 Å². The summed E-state index contributed by atoms with van der Waals surface area (Å²) >= 11 is 5.78. The van der Waals surface area contributed by atoms with Crippen molar-refractivity contribution in [3.63, 3.8) is 0 Å². The molecule has 1 atom stereocenters. The minimum absolute atomic E-state index is 0.849. The van der Waals surface area contributed by atoms with E-state index in [-0.39, 0.29) is 0 Å². The van der Waals surface area contributed by atoms with E-state index in [2.05, 4.69) is 4.90 Å². The van der Waals surface area contributed by atoms with Gasteiger partial charge in [-0.05, 0) is 44.1 Å². The van der Waals surface area contributed by atoms with Crippen LogP contribution in [0.2, 0.25) is 0 Å². The number of nitrogens with zero attached hydrogens (tertiary/aromatic N) is 1. The third kappa shape index (κ3) is 2.87. The molecule has 1 aliphatic heterocycles. The van der Waals surface area contributed by atoms with Gasteiger partial charge in [0.25, 0.3) is 0 Å². The van der Waals surface area contributed by atoms with Gasteiger partial charge in [-0.2, -0.15) is 0 Å². The topological polar surface area (TPSA) is 3.24 Å². The van der Waals surface area contributed by atoms with Crippen molar-refractivity contribution in [3.05, 3.63) is 0 Å². The van der Waals surface area contributed by atoms with Crippen LogP contribution in [-0.4, -0.2) is 30.4 Å². The molecule has 1 saturated heterocycles. The monoisotopic (exact) mass is 215 g/mol. The fourth-order valence-corrected chi connectivity index (χ4v) is 3.34. The summed E-state index contributed by atoms with van der Waals surface area (Å²) in [5, 5.41) is 0. The molecule has 0 amide bonds. The zero-order valence-electron chi connectivity index (χ0n) is 9.05. The second-order valence-corrected chi connectivity index (χ2v) is 5.42. The maximum Gasteiger partial charge on any atom is 0.0226 e. The van der Waals surface area contributed by atoms with Crippen LogP contribution in [0.15, 0.2) is 0 Å². The third-order valence-electron chi connectivity index (χ3n) is 3.88. The van der Waals surface area contributed by atoms with Gasteiger partial charge in [-0.3, -0.25) is 0 Å². The Morgan fingerprint density at radius 2 is 1.86 bits per heavy atom. The molecule has 2 aliphatic rings. The molecule has 1 nitrogen and oxygen atoms in total. The third-order valence-corrected chi connectivity index (χ3v) is 4.10. The molecule has 2 heteroatoms. The van der Waals surface area contributed by atoms with Crippen LogP contribution in [0.3, 0.4) is 0 Å². The van der Waals surface area contributed by atoms with Crippen molar-refractivity contribution in [1.29, 1.82) is 0 Å². The molecule has 0 bridgehead atoms. The van der Waals surface area contributed by atoms with Crippen LogP contribution in [-0.2, 0) is 0 Å². The van der Waals surface area contributed by atoms with E-state index in [4.69, 9.17) is 11.6 Å². The molecule has 0 radical (unpaired) electrons. The van der Waals surface area contributed by atoms with E-state index in [1.54, 1.807) is 0 Å². The van der Waals surface area contributed by atoms with Crippen molar-refractivity contribution in [2.45, 2.75) is 38.5 Å². The van der Waals surface area contributed by atoms with E-state index in [0.29, 0.717) is 0 Å². The van der Waals surface area contributed by atoms with Crippen molar-refractivity contribution in [1.82, 2.24) is 4.90 Å². The second kappa shape index (κ2) is 5.37. The normalized spacial score (nSPS) is 30.2. The minimum atomic E-state index is 0.849. The van der Waals surface area contributed by atoms with E-state index in [1.807, 2.05) is 0 Å². The number of halogens is 1. The largest absolute Gasteiger partial charge is 0.303 e. The highest BCUT2D eigenvalue weighted by molar-refractivity contribution is 6.17. The van der Waals surface area contributed by atoms with Gasteiger partial charge in [-0.1, -0.05) is 12.8 Å². The molecule has 0 aromatic heterocycles. The van der Waals surface area contributed by atoms with Gasteiger partial charge in [-0.15, -0.1) is 11.6 Å². The van der Waals surface area contributed by atoms with Crippen LogP contribution < -0.4 is 0 Å². The molecule has 1 aliphatic carbocycles. The van der Waals surface area contributed by atoms with E-state index in [0.717, 1.165) is 17.7 Å². The van der Waals surface area contributed by atoms with Gasteiger partial charge in [0.15, 0.2) is 0 Å². The maximum absolute atomic E-state index is 5.78. The fraction of sp³-hybridized carbons (Fsp3) is 1.00. The number of hydrogen-bond acceptors (Lipinski definition) is 1. The standard InChI is InChI=1S/C12H22ClN/c13-7-5-12-6-8-14(10-12)9-11-3-1-2-4-11/h11-12H,1-10H2. The molecule has 2 rings (SSSR count). The zero-order valence-corrected chi connectivity index (χ0v) is 9.81. The highest BCUT2D eigenvalue weighted by atomic mass is 35.5. The van der Waals surface area contributed by atoms with Crippen molar-refractivity contribution < 1.29 is 0 Å². The van der Waals surface area contributed by atoms with Crippen LogP contribution >= 0.6 is 11.6 Å². The Kier molecular flexibility index (Phi) is 4.12. The molecule has 0 N–H and O–H groups in total. The SMILES string of the molecule is ClCCC1CCN(CC2CCCC2)C1. The molecular formula is C12H22ClN. The Morgan fingerprint density at radius 3 is 2.57 bits per heavy atom. The van der Waals surface area contributed by atoms with Crippen LogP contribution in [0, 0.1) is 11.8 Å². The maximum atomic E-state index is 5.78. The fourth-order valence-electron chi connectivity index (χ4n) is 3.03. The lowest BCUT2D eigenvalue weighted by atomic mass is 10.1. The average molecular weight is 216 g/mol. The van der Waals surface area contributed by atoms with Crippen LogP contribution in [0.25, 0.3) is 0 Å². The molecule has 0 spiro atoms. The summed E-state index contributed by atoms with van der Waals surface area (Å²) < 4.78 is 0. The Hall–Kier alpha value is 0.250. The van der Waals surface area contributed by atoms with Gasteiger partial charge in [0.2, 0.25) is 0 Å². The first-order valence-corrected chi connectivity index (χ1v) is 6.70. The first-order valence-electron chi connectivity index (χ1n) is 6.17. The van der Waals surface area contributed by atoms with Crippen LogP contribution in [0.1, 0.15) is 38.5 Å². The van der Waals surface area contributed by atoms with Gasteiger partial charge in [0.1, 0.15) is 0 Å². The smallest absolute Gasteiger partial charge is 0.0226 e. The Bertz CT molecular complexity index is 166. The predicted molar refractivity (Wildman–Crippen MR) is 61.8 cm³/mol. The van der Waals surface area contributed by atoms with Gasteiger partial charge in [0, 0.05) is 19.0 Å². The number of likely N-dealkylation sites (tertiary alicyclic amines) is 1. The molecule has 0 aromatic rings. The molecule has 2 fully saturated rings. The lowest BCUT2D eigenvalue weighted by Gasteiger charge is -2.20. The number of rotatable bonds is 4. The van der Waals surface area contributed by atoms with E-state index in [9.17, 15) is 0 Å². The lowest BCUT2D eigenvalue weighted by molar-refractivity contribution is 0.270. The summed E-state index contributed by atoms with van der Waals surface area (Å²) in [4.78, 5) is 2.67. The Labute approximate surface area is 92.8 Å². The molecule has 82 valence electrons. The first kappa shape index (κ1) is 10.8. The predicted octanol–water partition coefficient (Wildman–Crippen LogP) is 3.13. The summed E-state index contributed by atoms with van der Waals surface area (Å²) in [6.07, 6.45) is 8.53. The van der Waals surface area contributed by atoms with Gasteiger partial charge in [0.05, 0.1) is 0 Å². The molecule has 1 saturated carbocycles. The Morgan fingerprint density at radius 1 is 1.07 bits per heavy atom. The first-order chi connectivity index (χ1) is 6.88. The molecule has 14 heavy (non-hydrogen) atoms. The van der Waals surface area contributed by atoms with E-state index < -0.39 is 0 Å². The highest BCUT2D eigenvalue weighted by Crippen LogP contribution is 2.28. The van der Waals surface area contributed by atoms with E-state index in [1.165, 1.54) is 58.2 Å². The quantitative estimate of drug-likeness (QED) is 0.652. The van der Waals surface area contributed by atoms with E-state index >= 15 is 0 Å². The van der Waals surface area contributed by atoms with Crippen molar-refractivity contribution >= 4 is 11.6 Å². The van der Waals surface area contributed by atoms with Crippen LogP contribution in [0.5, 0.6) is 0 Å². The number of alkyl halides is 1. The Balaban J connectivity index is 1.67. The number of hydrogen-bond donors (Lipinski definition) is 0. The summed E-state index contributed by atoms with van der Waals surface area (Å²) in [5.74, 6) is 2.76. The summed E-state index contributed by atoms with van der Waals surface area (Å²) in [7, 11) is 0. The minimum Gasteiger partial charge on any atom is -0.303 e. The molecule has 1 unspecified atom stereocenters. The zero-order chi connectivity index (χ0) is 9.80. The lowest BCUT2D eigenvalue weighted by Crippen LogP contribution is -2.26. The summed E-state index contributed by atoms with van der Waals surface area (Å²) in [6, 6.07) is 0. The van der Waals surface area contributed by atoms with Crippen molar-refractivity contribution in [3.8, 4) is 0 Å². The summed E-state index contributed by atoms with van der Waals surface area (Å²) in [6.45, 7) is 4.03.